The van der Waals surface area contributed by atoms with Crippen molar-refractivity contribution in [3.8, 4) is 5.75 Å². The second kappa shape index (κ2) is 9.95. The maximum atomic E-state index is 13.2. The van der Waals surface area contributed by atoms with Gasteiger partial charge in [0.1, 0.15) is 11.5 Å². The van der Waals surface area contributed by atoms with Gasteiger partial charge in [-0.25, -0.2) is 4.98 Å². The number of aromatic nitrogens is 2. The lowest BCUT2D eigenvalue weighted by atomic mass is 9.93. The van der Waals surface area contributed by atoms with Crippen molar-refractivity contribution in [3.63, 3.8) is 0 Å². The Hall–Kier alpha value is -3.87. The first-order chi connectivity index (χ1) is 16.4. The summed E-state index contributed by atoms with van der Waals surface area (Å²) in [5, 5.41) is 11.2. The Morgan fingerprint density at radius 3 is 2.53 bits per heavy atom. The summed E-state index contributed by atoms with van der Waals surface area (Å²) in [6.45, 7) is 5.26. The quantitative estimate of drug-likeness (QED) is 0.304. The molecule has 2 heterocycles. The van der Waals surface area contributed by atoms with E-state index in [2.05, 4.69) is 18.8 Å². The average molecular weight is 460 g/mol. The van der Waals surface area contributed by atoms with Gasteiger partial charge in [-0.05, 0) is 35.6 Å². The van der Waals surface area contributed by atoms with Crippen molar-refractivity contribution in [2.75, 3.05) is 13.7 Å². The molecule has 176 valence electrons. The van der Waals surface area contributed by atoms with Gasteiger partial charge in [-0.3, -0.25) is 9.59 Å². The molecule has 1 N–H and O–H groups in total. The lowest BCUT2D eigenvalue weighted by molar-refractivity contribution is -0.139. The number of hydrogen-bond donors (Lipinski definition) is 1. The molecule has 1 aliphatic rings. The molecule has 0 spiro atoms. The molecular formula is C27H29N3O4. The van der Waals surface area contributed by atoms with E-state index in [1.54, 1.807) is 41.7 Å². The lowest BCUT2D eigenvalue weighted by Gasteiger charge is -2.26. The number of imidazole rings is 1. The van der Waals surface area contributed by atoms with Crippen LogP contribution >= 0.6 is 0 Å². The highest BCUT2D eigenvalue weighted by Gasteiger charge is 2.45. The zero-order valence-corrected chi connectivity index (χ0v) is 19.6. The summed E-state index contributed by atoms with van der Waals surface area (Å²) in [5.41, 5.74) is 2.47. The third kappa shape index (κ3) is 4.59. The largest absolute Gasteiger partial charge is 0.507 e. The van der Waals surface area contributed by atoms with Crippen LogP contribution in [0.15, 0.2) is 72.8 Å². The molecule has 1 aliphatic heterocycles. The second-order valence-corrected chi connectivity index (χ2v) is 8.70. The van der Waals surface area contributed by atoms with E-state index in [0.29, 0.717) is 36.7 Å². The van der Waals surface area contributed by atoms with Gasteiger partial charge in [0.25, 0.3) is 11.7 Å². The molecule has 1 saturated heterocycles. The van der Waals surface area contributed by atoms with Gasteiger partial charge in [-0.1, -0.05) is 50.2 Å². The molecule has 2 aromatic carbocycles. The second-order valence-electron chi connectivity index (χ2n) is 8.70. The van der Waals surface area contributed by atoms with Crippen molar-refractivity contribution in [2.24, 2.45) is 0 Å². The van der Waals surface area contributed by atoms with E-state index in [-0.39, 0.29) is 11.3 Å². The standard InChI is InChI=1S/C27H29N3O4/c1-18(2)19-8-10-20(11-9-19)24-23(25(31)21-6-4-7-22(16-21)34-3)26(32)27(33)30(24)14-5-13-29-15-12-28-17-29/h4,6-12,15-18,24,31H,5,13-14H2,1-3H3/b25-23+/t24-/m1/s1. The average Bonchev–Trinajstić information content (AvgIpc) is 3.46. The smallest absolute Gasteiger partial charge is 0.295 e. The number of ether oxygens (including phenoxy) is 1. The third-order valence-corrected chi connectivity index (χ3v) is 6.18. The predicted molar refractivity (Wildman–Crippen MR) is 129 cm³/mol. The molecule has 7 nitrogen and oxygen atoms in total. The van der Waals surface area contributed by atoms with Crippen LogP contribution in [-0.2, 0) is 16.1 Å². The van der Waals surface area contributed by atoms with E-state index in [4.69, 9.17) is 4.74 Å². The molecule has 1 atom stereocenters. The summed E-state index contributed by atoms with van der Waals surface area (Å²) in [6.07, 6.45) is 5.93. The van der Waals surface area contributed by atoms with E-state index < -0.39 is 17.7 Å². The first-order valence-electron chi connectivity index (χ1n) is 11.4. The summed E-state index contributed by atoms with van der Waals surface area (Å²) in [6, 6.07) is 14.1. The third-order valence-electron chi connectivity index (χ3n) is 6.18. The van der Waals surface area contributed by atoms with Gasteiger partial charge < -0.3 is 19.3 Å². The Morgan fingerprint density at radius 1 is 1.12 bits per heavy atom. The Bertz CT molecular complexity index is 1200. The van der Waals surface area contributed by atoms with Crippen LogP contribution in [0.25, 0.3) is 5.76 Å². The summed E-state index contributed by atoms with van der Waals surface area (Å²) in [4.78, 5) is 31.9. The van der Waals surface area contributed by atoms with Crippen molar-refractivity contribution in [2.45, 2.75) is 38.8 Å². The number of benzene rings is 2. The summed E-state index contributed by atoms with van der Waals surface area (Å²) >= 11 is 0. The highest BCUT2D eigenvalue weighted by Crippen LogP contribution is 2.40. The minimum Gasteiger partial charge on any atom is -0.507 e. The number of amides is 1. The van der Waals surface area contributed by atoms with Gasteiger partial charge in [-0.15, -0.1) is 0 Å². The van der Waals surface area contributed by atoms with Crippen LogP contribution in [0.2, 0.25) is 0 Å². The monoisotopic (exact) mass is 459 g/mol. The molecule has 0 bridgehead atoms. The van der Waals surface area contributed by atoms with E-state index in [9.17, 15) is 14.7 Å². The molecule has 34 heavy (non-hydrogen) atoms. The first kappa shape index (κ1) is 23.3. The fourth-order valence-electron chi connectivity index (χ4n) is 4.29. The van der Waals surface area contributed by atoms with Crippen LogP contribution in [-0.4, -0.2) is 44.9 Å². The number of hydrogen-bond acceptors (Lipinski definition) is 5. The number of rotatable bonds is 8. The number of aryl methyl sites for hydroxylation is 1. The lowest BCUT2D eigenvalue weighted by Crippen LogP contribution is -2.31. The molecule has 1 aromatic heterocycles. The van der Waals surface area contributed by atoms with Crippen LogP contribution < -0.4 is 4.74 Å². The highest BCUT2D eigenvalue weighted by atomic mass is 16.5. The van der Waals surface area contributed by atoms with Crippen molar-refractivity contribution in [1.29, 1.82) is 0 Å². The van der Waals surface area contributed by atoms with Gasteiger partial charge in [0.2, 0.25) is 0 Å². The minimum absolute atomic E-state index is 0.0955. The molecule has 0 saturated carbocycles. The Labute approximate surface area is 199 Å². The fraction of sp³-hybridized carbons (Fsp3) is 0.296. The number of carbonyl (C=O) groups excluding carboxylic acids is 2. The van der Waals surface area contributed by atoms with Gasteiger partial charge >= 0.3 is 0 Å². The van der Waals surface area contributed by atoms with E-state index >= 15 is 0 Å². The van der Waals surface area contributed by atoms with Crippen molar-refractivity contribution in [1.82, 2.24) is 14.5 Å². The minimum atomic E-state index is -0.680. The van der Waals surface area contributed by atoms with Crippen LogP contribution in [0, 0.1) is 0 Å². The predicted octanol–water partition coefficient (Wildman–Crippen LogP) is 4.53. The van der Waals surface area contributed by atoms with Crippen LogP contribution in [0.5, 0.6) is 5.75 Å². The van der Waals surface area contributed by atoms with Gasteiger partial charge in [0.15, 0.2) is 0 Å². The zero-order chi connectivity index (χ0) is 24.2. The number of ketones is 1. The van der Waals surface area contributed by atoms with E-state index in [1.165, 1.54) is 7.11 Å². The Morgan fingerprint density at radius 2 is 1.88 bits per heavy atom. The molecule has 4 rings (SSSR count). The van der Waals surface area contributed by atoms with Gasteiger partial charge in [-0.2, -0.15) is 0 Å². The molecule has 0 radical (unpaired) electrons. The maximum Gasteiger partial charge on any atom is 0.295 e. The number of nitrogens with zero attached hydrogens (tertiary/aromatic N) is 3. The van der Waals surface area contributed by atoms with Crippen molar-refractivity contribution < 1.29 is 19.4 Å². The number of likely N-dealkylation sites (tertiary alicyclic amines) is 1. The van der Waals surface area contributed by atoms with Crippen molar-refractivity contribution in [3.05, 3.63) is 89.5 Å². The number of methoxy groups -OCH3 is 1. The van der Waals surface area contributed by atoms with Crippen molar-refractivity contribution >= 4 is 17.4 Å². The number of aliphatic hydroxyl groups excluding tert-OH is 1. The SMILES string of the molecule is COc1cccc(/C(O)=C2\C(=O)C(=O)N(CCCn3ccnc3)[C@@H]2c2ccc(C(C)C)cc2)c1. The Kier molecular flexibility index (Phi) is 6.82. The maximum absolute atomic E-state index is 13.2. The summed E-state index contributed by atoms with van der Waals surface area (Å²) in [7, 11) is 1.54. The molecular weight excluding hydrogens is 430 g/mol. The van der Waals surface area contributed by atoms with Crippen LogP contribution in [0.3, 0.4) is 0 Å². The topological polar surface area (TPSA) is 84.7 Å². The van der Waals surface area contributed by atoms with Crippen LogP contribution in [0.1, 0.15) is 48.9 Å². The molecule has 7 heteroatoms. The molecule has 1 amide bonds. The number of carbonyl (C=O) groups is 2. The first-order valence-corrected chi connectivity index (χ1v) is 11.4. The number of Topliss-reactive ketones (excluding diaryl/α,β-unsaturated/α-hetero) is 1. The molecule has 1 fully saturated rings. The van der Waals surface area contributed by atoms with Gasteiger partial charge in [0, 0.05) is 31.0 Å². The van der Waals surface area contributed by atoms with Crippen LogP contribution in [0.4, 0.5) is 0 Å². The molecule has 0 unspecified atom stereocenters. The fourth-order valence-corrected chi connectivity index (χ4v) is 4.29. The zero-order valence-electron chi connectivity index (χ0n) is 19.6. The Balaban J connectivity index is 1.74. The van der Waals surface area contributed by atoms with E-state index in [0.717, 1.165) is 11.1 Å². The number of aliphatic hydroxyl groups is 1. The van der Waals surface area contributed by atoms with E-state index in [1.807, 2.05) is 35.0 Å². The summed E-state index contributed by atoms with van der Waals surface area (Å²) in [5.74, 6) is -0.579. The normalized spacial score (nSPS) is 17.5. The molecule has 3 aromatic rings. The summed E-state index contributed by atoms with van der Waals surface area (Å²) < 4.78 is 7.20. The van der Waals surface area contributed by atoms with Gasteiger partial charge in [0.05, 0.1) is 25.1 Å². The molecule has 0 aliphatic carbocycles. The highest BCUT2D eigenvalue weighted by molar-refractivity contribution is 6.46.